The Kier molecular flexibility index (Phi) is 16.2. The molecule has 0 bridgehead atoms. The summed E-state index contributed by atoms with van der Waals surface area (Å²) in [6.45, 7) is 22.0. The topological polar surface area (TPSA) is 26.3 Å². The molecule has 0 amide bonds. The van der Waals surface area contributed by atoms with Crippen LogP contribution >= 0.6 is 0 Å². The van der Waals surface area contributed by atoms with Crippen LogP contribution in [-0.4, -0.2) is 18.5 Å². The first-order valence-corrected chi connectivity index (χ1v) is 17.2. The average molecular weight is 954 g/mol. The first-order chi connectivity index (χ1) is 27.8. The van der Waals surface area contributed by atoms with Crippen molar-refractivity contribution in [2.24, 2.45) is 0 Å². The molecule has 0 spiro atoms. The minimum absolute atomic E-state index is 0. The summed E-state index contributed by atoms with van der Waals surface area (Å²) in [5.74, 6) is -56.8. The number of alkyl halides is 3. The molecule has 5 aromatic rings. The molecule has 0 aliphatic rings. The number of carbonyl (C=O) groups excluding carboxylic acids is 1. The molecule has 340 valence electrons. The molecule has 0 atom stereocenters. The van der Waals surface area contributed by atoms with Gasteiger partial charge in [0.25, 0.3) is 6.35 Å². The van der Waals surface area contributed by atoms with Gasteiger partial charge in [0.15, 0.2) is 52.4 Å². The SMILES string of the molecule is Cc1c(C)c(C)[c-](C)c1C.Cc1c(C)c(C)[c-](C)c1C.O=C(O[B-](c1c(F)c(F)c(F)c(F)c1F)(c1c(F)c(F)c(F)c(F)c1F)c1c(F)c(F)c(F)c(F)c1F)C(F)(F)F.[Co+3]. The van der Waals surface area contributed by atoms with E-state index in [1.54, 1.807) is 0 Å². The van der Waals surface area contributed by atoms with Crippen molar-refractivity contribution >= 4 is 28.7 Å². The fourth-order valence-electron chi connectivity index (χ4n) is 6.59. The molecule has 5 rings (SSSR count). The molecule has 0 aromatic heterocycles. The standard InChI is InChI=1S/C20BF18O2.2C10H15.Co/c22-4-1(5(23)11(29)16(34)10(4)28)21(41-19(40)20(37,38)39,2-6(24)12(30)17(35)13(31)7(2)25)3-8(26)14(32)18(36)15(33)9(3)27;2*1-6-7(2)9(4)10(5)8(6)3;/h;2*1-5H3;/q3*-1;+3. The minimum atomic E-state index is -7.09. The van der Waals surface area contributed by atoms with Gasteiger partial charge in [-0.05, 0) is 0 Å². The van der Waals surface area contributed by atoms with Crippen LogP contribution < -0.4 is 16.4 Å². The van der Waals surface area contributed by atoms with Gasteiger partial charge in [0.1, 0.15) is 34.9 Å². The first-order valence-electron chi connectivity index (χ1n) is 17.2. The van der Waals surface area contributed by atoms with Crippen LogP contribution in [0.3, 0.4) is 0 Å². The van der Waals surface area contributed by atoms with Crippen LogP contribution in [0.2, 0.25) is 0 Å². The number of carbonyl (C=O) groups is 1. The van der Waals surface area contributed by atoms with Crippen molar-refractivity contribution in [3.05, 3.63) is 143 Å². The van der Waals surface area contributed by atoms with E-state index in [1.165, 1.54) is 55.6 Å². The Hall–Kier alpha value is -4.86. The number of benzene rings is 3. The molecule has 22 heteroatoms. The van der Waals surface area contributed by atoms with Crippen LogP contribution in [0.1, 0.15) is 55.6 Å². The quantitative estimate of drug-likeness (QED) is 0.0590. The van der Waals surface area contributed by atoms with E-state index in [-0.39, 0.29) is 16.8 Å². The summed E-state index contributed by atoms with van der Waals surface area (Å²) in [5, 5.41) is 0. The van der Waals surface area contributed by atoms with E-state index < -0.39 is 122 Å². The summed E-state index contributed by atoms with van der Waals surface area (Å²) < 4.78 is 258. The molecular weight excluding hydrogens is 924 g/mol. The van der Waals surface area contributed by atoms with Crippen molar-refractivity contribution in [2.45, 2.75) is 75.4 Å². The zero-order chi connectivity index (χ0) is 47.5. The van der Waals surface area contributed by atoms with E-state index in [2.05, 4.69) is 73.9 Å². The van der Waals surface area contributed by atoms with Gasteiger partial charge in [0.2, 0.25) is 0 Å². The predicted molar refractivity (Wildman–Crippen MR) is 187 cm³/mol. The Morgan fingerprint density at radius 2 is 0.548 bits per heavy atom. The van der Waals surface area contributed by atoms with E-state index in [0.717, 1.165) is 0 Å². The molecule has 0 N–H and O–H groups in total. The Morgan fingerprint density at radius 3 is 0.677 bits per heavy atom. The van der Waals surface area contributed by atoms with Gasteiger partial charge in [-0.25, -0.2) is 70.7 Å². The van der Waals surface area contributed by atoms with Gasteiger partial charge in [-0.15, -0.1) is 0 Å². The summed E-state index contributed by atoms with van der Waals surface area (Å²) in [5.41, 5.74) is 4.11. The smallest absolute Gasteiger partial charge is 0.669 e. The maximum atomic E-state index is 14.9. The molecule has 0 aliphatic heterocycles. The average Bonchev–Trinajstić information content (AvgIpc) is 3.48. The third kappa shape index (κ3) is 8.72. The summed E-state index contributed by atoms with van der Waals surface area (Å²) in [6.07, 6.45) is -13.8. The van der Waals surface area contributed by atoms with Crippen LogP contribution in [0.15, 0.2) is 0 Å². The van der Waals surface area contributed by atoms with Gasteiger partial charge >= 0.3 is 28.9 Å². The van der Waals surface area contributed by atoms with Crippen molar-refractivity contribution in [1.82, 2.24) is 0 Å². The van der Waals surface area contributed by atoms with E-state index in [0.29, 0.717) is 0 Å². The number of hydrogen-bond donors (Lipinski definition) is 0. The van der Waals surface area contributed by atoms with Crippen molar-refractivity contribution < 1.29 is 105 Å². The van der Waals surface area contributed by atoms with Gasteiger partial charge in [0.05, 0.1) is 0 Å². The number of halogens is 18. The van der Waals surface area contributed by atoms with Crippen molar-refractivity contribution in [3.8, 4) is 0 Å². The monoisotopic (exact) mass is 954 g/mol. The maximum absolute atomic E-state index is 14.9. The maximum Gasteiger partial charge on any atom is 3.00 e. The first kappa shape index (κ1) is 53.3. The fourth-order valence-corrected chi connectivity index (χ4v) is 6.59. The summed E-state index contributed by atoms with van der Waals surface area (Å²) in [4.78, 5) is 11.7. The number of rotatable bonds is 4. The summed E-state index contributed by atoms with van der Waals surface area (Å²) in [7, 11) is 0. The van der Waals surface area contributed by atoms with E-state index >= 15 is 0 Å². The Balaban J connectivity index is 0.000000511. The third-order valence-corrected chi connectivity index (χ3v) is 11.1. The second kappa shape index (κ2) is 18.9. The molecule has 0 radical (unpaired) electrons. The summed E-state index contributed by atoms with van der Waals surface area (Å²) >= 11 is 0. The molecule has 0 saturated carbocycles. The largest absolute Gasteiger partial charge is 3.00 e. The molecule has 2 nitrogen and oxygen atoms in total. The van der Waals surface area contributed by atoms with Gasteiger partial charge in [-0.2, -0.15) is 68.8 Å². The molecule has 5 aromatic carbocycles. The Labute approximate surface area is 351 Å². The fraction of sp³-hybridized carbons (Fsp3) is 0.275. The second-order valence-electron chi connectivity index (χ2n) is 13.9. The Bertz CT molecular complexity index is 2120. The van der Waals surface area contributed by atoms with Crippen molar-refractivity contribution in [1.29, 1.82) is 0 Å². The van der Waals surface area contributed by atoms with Crippen molar-refractivity contribution in [3.63, 3.8) is 0 Å². The molecular formula is C40H30BCoF18O2. The number of hydrogen-bond acceptors (Lipinski definition) is 2. The van der Waals surface area contributed by atoms with E-state index in [1.807, 2.05) is 0 Å². The molecule has 62 heavy (non-hydrogen) atoms. The van der Waals surface area contributed by atoms with Crippen LogP contribution in [0.25, 0.3) is 0 Å². The van der Waals surface area contributed by atoms with Crippen LogP contribution in [0.4, 0.5) is 79.0 Å². The van der Waals surface area contributed by atoms with Gasteiger partial charge in [-0.1, -0.05) is 85.6 Å². The van der Waals surface area contributed by atoms with Gasteiger partial charge in [-0.3, -0.25) is 0 Å². The minimum Gasteiger partial charge on any atom is -0.669 e. The molecule has 0 fully saturated rings. The zero-order valence-corrected chi connectivity index (χ0v) is 34.6. The van der Waals surface area contributed by atoms with Gasteiger partial charge in [0, 0.05) is 0 Å². The third-order valence-electron chi connectivity index (χ3n) is 11.1. The molecule has 0 aliphatic carbocycles. The van der Waals surface area contributed by atoms with Crippen LogP contribution in [0.5, 0.6) is 0 Å². The summed E-state index contributed by atoms with van der Waals surface area (Å²) in [6, 6.07) is 0. The zero-order valence-electron chi connectivity index (χ0n) is 33.5. The van der Waals surface area contributed by atoms with E-state index in [4.69, 9.17) is 0 Å². The molecule has 0 heterocycles. The van der Waals surface area contributed by atoms with Crippen molar-refractivity contribution in [2.75, 3.05) is 0 Å². The van der Waals surface area contributed by atoms with Crippen LogP contribution in [-0.2, 0) is 26.2 Å². The normalized spacial score (nSPS) is 11.5. The Morgan fingerprint density at radius 1 is 0.387 bits per heavy atom. The second-order valence-corrected chi connectivity index (χ2v) is 13.9. The van der Waals surface area contributed by atoms with E-state index in [9.17, 15) is 83.8 Å². The molecule has 0 unspecified atom stereocenters. The van der Waals surface area contributed by atoms with Gasteiger partial charge < -0.3 is 4.65 Å². The molecule has 0 saturated heterocycles. The van der Waals surface area contributed by atoms with Crippen LogP contribution in [0, 0.1) is 156 Å². The predicted octanol–water partition coefficient (Wildman–Crippen LogP) is 10.7.